The summed E-state index contributed by atoms with van der Waals surface area (Å²) >= 11 is 0. The number of anilines is 1. The molecule has 0 aliphatic carbocycles. The Morgan fingerprint density at radius 1 is 1.09 bits per heavy atom. The van der Waals surface area contributed by atoms with Gasteiger partial charge in [-0.3, -0.25) is 0 Å². The molecule has 0 saturated carbocycles. The van der Waals surface area contributed by atoms with Gasteiger partial charge in [-0.05, 0) is 29.8 Å². The van der Waals surface area contributed by atoms with E-state index >= 15 is 0 Å². The normalized spacial score (nSPS) is 15.0. The van der Waals surface area contributed by atoms with Gasteiger partial charge in [0.25, 0.3) is 0 Å². The van der Waals surface area contributed by atoms with Gasteiger partial charge in [-0.1, -0.05) is 12.1 Å². The Balaban J connectivity index is 1.72. The first-order chi connectivity index (χ1) is 15.5. The predicted molar refractivity (Wildman–Crippen MR) is 117 cm³/mol. The number of urea groups is 1. The van der Waals surface area contributed by atoms with Crippen molar-refractivity contribution in [3.63, 3.8) is 0 Å². The first-order valence-electron chi connectivity index (χ1n) is 10.1. The van der Waals surface area contributed by atoms with Gasteiger partial charge >= 0.3 is 12.0 Å². The van der Waals surface area contributed by atoms with E-state index in [-0.39, 0.29) is 11.6 Å². The van der Waals surface area contributed by atoms with E-state index in [1.54, 1.807) is 55.8 Å². The average Bonchev–Trinajstić information content (AvgIpc) is 3.31. The third-order valence-electron chi connectivity index (χ3n) is 5.45. The summed E-state index contributed by atoms with van der Waals surface area (Å²) in [5, 5.41) is 2.86. The van der Waals surface area contributed by atoms with Crippen molar-refractivity contribution in [3.8, 4) is 11.5 Å². The third-order valence-corrected chi connectivity index (χ3v) is 5.45. The summed E-state index contributed by atoms with van der Waals surface area (Å²) in [7, 11) is 4.46. The maximum absolute atomic E-state index is 13.4. The molecule has 0 spiro atoms. The van der Waals surface area contributed by atoms with Crippen molar-refractivity contribution in [1.29, 1.82) is 0 Å². The van der Waals surface area contributed by atoms with Crippen molar-refractivity contribution in [3.05, 3.63) is 71.3 Å². The Morgan fingerprint density at radius 3 is 2.50 bits per heavy atom. The molecule has 0 unspecified atom stereocenters. The zero-order valence-corrected chi connectivity index (χ0v) is 18.0. The first-order valence-corrected chi connectivity index (χ1v) is 10.1. The van der Waals surface area contributed by atoms with Gasteiger partial charge in [0.05, 0.1) is 44.6 Å². The van der Waals surface area contributed by atoms with Gasteiger partial charge in [0.2, 0.25) is 0 Å². The van der Waals surface area contributed by atoms with Gasteiger partial charge in [-0.15, -0.1) is 0 Å². The van der Waals surface area contributed by atoms with Gasteiger partial charge in [-0.25, -0.2) is 14.6 Å². The van der Waals surface area contributed by atoms with Crippen LogP contribution in [0.5, 0.6) is 11.5 Å². The maximum Gasteiger partial charge on any atom is 0.339 e. The molecule has 3 aromatic rings. The molecule has 0 bridgehead atoms. The minimum Gasteiger partial charge on any atom is -0.497 e. The maximum atomic E-state index is 13.4. The topological polar surface area (TPSA) is 106 Å². The van der Waals surface area contributed by atoms with Crippen LogP contribution < -0.4 is 14.8 Å². The Morgan fingerprint density at radius 2 is 1.81 bits per heavy atom. The number of nitrogens with one attached hydrogen (secondary N) is 2. The van der Waals surface area contributed by atoms with E-state index < -0.39 is 12.0 Å². The SMILES string of the molecule is COC(=O)c1ccccc1NC(=O)N1CCc2[nH]cnc2[C@H]1c1cc(OC)cc(OC)c1. The number of nitrogens with zero attached hydrogens (tertiary/aromatic N) is 2. The van der Waals surface area contributed by atoms with Crippen LogP contribution in [0.1, 0.15) is 33.4 Å². The summed E-state index contributed by atoms with van der Waals surface area (Å²) < 4.78 is 15.7. The van der Waals surface area contributed by atoms with Crippen LogP contribution in [0.25, 0.3) is 0 Å². The molecule has 32 heavy (non-hydrogen) atoms. The molecule has 2 N–H and O–H groups in total. The van der Waals surface area contributed by atoms with Crippen LogP contribution in [0.3, 0.4) is 0 Å². The molecular weight excluding hydrogens is 412 g/mol. The smallest absolute Gasteiger partial charge is 0.339 e. The summed E-state index contributed by atoms with van der Waals surface area (Å²) in [6, 6.07) is 11.4. The molecule has 0 saturated heterocycles. The van der Waals surface area contributed by atoms with E-state index in [2.05, 4.69) is 15.3 Å². The van der Waals surface area contributed by atoms with Crippen LogP contribution in [0.4, 0.5) is 10.5 Å². The lowest BCUT2D eigenvalue weighted by atomic mass is 9.95. The van der Waals surface area contributed by atoms with Crippen LogP contribution in [-0.4, -0.2) is 54.7 Å². The fourth-order valence-electron chi connectivity index (χ4n) is 3.89. The number of para-hydroxylation sites is 1. The number of carbonyl (C=O) groups is 2. The Kier molecular flexibility index (Phi) is 5.98. The fourth-order valence-corrected chi connectivity index (χ4v) is 3.89. The highest BCUT2D eigenvalue weighted by molar-refractivity contribution is 6.01. The minimum atomic E-state index is -0.525. The molecule has 1 aromatic heterocycles. The van der Waals surface area contributed by atoms with E-state index in [4.69, 9.17) is 14.2 Å². The minimum absolute atomic E-state index is 0.278. The van der Waals surface area contributed by atoms with Crippen LogP contribution >= 0.6 is 0 Å². The number of carbonyl (C=O) groups excluding carboxylic acids is 2. The van der Waals surface area contributed by atoms with E-state index in [1.165, 1.54) is 7.11 Å². The van der Waals surface area contributed by atoms with E-state index in [1.807, 2.05) is 12.1 Å². The molecule has 9 nitrogen and oxygen atoms in total. The standard InChI is InChI=1S/C23H24N4O5/c1-30-15-10-14(11-16(12-15)31-2)21-20-19(24-13-25-20)8-9-27(21)23(29)26-18-7-5-4-6-17(18)22(28)32-3/h4-7,10-13,21H,8-9H2,1-3H3,(H,24,25)(H,26,29)/t21-/m1/s1. The molecule has 1 aliphatic heterocycles. The number of aromatic nitrogens is 2. The van der Waals surface area contributed by atoms with Crippen molar-refractivity contribution in [1.82, 2.24) is 14.9 Å². The molecule has 2 heterocycles. The molecule has 0 fully saturated rings. The lowest BCUT2D eigenvalue weighted by Gasteiger charge is -2.35. The van der Waals surface area contributed by atoms with Crippen molar-refractivity contribution in [2.45, 2.75) is 12.5 Å². The summed E-state index contributed by atoms with van der Waals surface area (Å²) in [6.07, 6.45) is 2.25. The highest BCUT2D eigenvalue weighted by Crippen LogP contribution is 2.37. The monoisotopic (exact) mass is 436 g/mol. The van der Waals surface area contributed by atoms with E-state index in [0.29, 0.717) is 30.2 Å². The summed E-state index contributed by atoms with van der Waals surface area (Å²) in [6.45, 7) is 0.450. The third kappa shape index (κ3) is 3.96. The van der Waals surface area contributed by atoms with Gasteiger partial charge in [0.15, 0.2) is 0 Å². The Labute approximate surface area is 185 Å². The molecule has 1 aliphatic rings. The number of hydrogen-bond acceptors (Lipinski definition) is 6. The van der Waals surface area contributed by atoms with E-state index in [9.17, 15) is 9.59 Å². The number of fused-ring (bicyclic) bond motifs is 1. The average molecular weight is 436 g/mol. The molecule has 1 atom stereocenters. The lowest BCUT2D eigenvalue weighted by molar-refractivity contribution is 0.0602. The van der Waals surface area contributed by atoms with Gasteiger partial charge in [-0.2, -0.15) is 0 Å². The number of imidazole rings is 1. The number of rotatable bonds is 5. The number of H-pyrrole nitrogens is 1. The summed E-state index contributed by atoms with van der Waals surface area (Å²) in [5.74, 6) is 0.694. The molecule has 2 amide bonds. The lowest BCUT2D eigenvalue weighted by Crippen LogP contribution is -2.43. The first kappa shape index (κ1) is 21.2. The number of hydrogen-bond donors (Lipinski definition) is 2. The number of methoxy groups -OCH3 is 3. The number of aromatic amines is 1. The largest absolute Gasteiger partial charge is 0.497 e. The van der Waals surface area contributed by atoms with Gasteiger partial charge in [0.1, 0.15) is 17.5 Å². The van der Waals surface area contributed by atoms with E-state index in [0.717, 1.165) is 17.0 Å². The van der Waals surface area contributed by atoms with Crippen LogP contribution in [-0.2, 0) is 11.2 Å². The predicted octanol–water partition coefficient (Wildman–Crippen LogP) is 3.39. The second kappa shape index (κ2) is 9.01. The Hall–Kier alpha value is -4.01. The zero-order valence-electron chi connectivity index (χ0n) is 18.0. The summed E-state index contributed by atoms with van der Waals surface area (Å²) in [4.78, 5) is 34.9. The second-order valence-corrected chi connectivity index (χ2v) is 7.23. The van der Waals surface area contributed by atoms with Crippen molar-refractivity contribution in [2.75, 3.05) is 33.2 Å². The van der Waals surface area contributed by atoms with Crippen LogP contribution in [0.2, 0.25) is 0 Å². The molecular formula is C23H24N4O5. The number of esters is 1. The van der Waals surface area contributed by atoms with Crippen LogP contribution in [0.15, 0.2) is 48.8 Å². The molecule has 0 radical (unpaired) electrons. The summed E-state index contributed by atoms with van der Waals surface area (Å²) in [5.41, 5.74) is 3.17. The molecule has 9 heteroatoms. The number of amides is 2. The molecule has 166 valence electrons. The quantitative estimate of drug-likeness (QED) is 0.594. The van der Waals surface area contributed by atoms with Crippen molar-refractivity contribution >= 4 is 17.7 Å². The van der Waals surface area contributed by atoms with Crippen LogP contribution in [0, 0.1) is 0 Å². The molecule has 4 rings (SSSR count). The van der Waals surface area contributed by atoms with Gasteiger partial charge in [0, 0.05) is 24.7 Å². The Bertz CT molecular complexity index is 1120. The fraction of sp³-hybridized carbons (Fsp3) is 0.261. The van der Waals surface area contributed by atoms with Gasteiger partial charge < -0.3 is 29.4 Å². The number of benzene rings is 2. The molecule has 2 aromatic carbocycles. The highest BCUT2D eigenvalue weighted by atomic mass is 16.5. The number of ether oxygens (including phenoxy) is 3. The zero-order chi connectivity index (χ0) is 22.7. The van der Waals surface area contributed by atoms with Crippen molar-refractivity contribution < 1.29 is 23.8 Å². The van der Waals surface area contributed by atoms with Crippen molar-refractivity contribution in [2.24, 2.45) is 0 Å². The second-order valence-electron chi connectivity index (χ2n) is 7.23. The highest BCUT2D eigenvalue weighted by Gasteiger charge is 2.35.